The molecule has 0 atom stereocenters. The van der Waals surface area contributed by atoms with E-state index in [9.17, 15) is 9.18 Å². The summed E-state index contributed by atoms with van der Waals surface area (Å²) in [5.74, 6) is -0.253. The molecule has 1 aliphatic rings. The minimum atomic E-state index is -0.699. The molecule has 3 heteroatoms. The Labute approximate surface area is 120 Å². The number of aryl methyl sites for hydroxylation is 1. The van der Waals surface area contributed by atoms with Crippen molar-refractivity contribution in [3.05, 3.63) is 35.1 Å². The summed E-state index contributed by atoms with van der Waals surface area (Å²) in [6.07, 6.45) is 5.90. The molecule has 0 heterocycles. The summed E-state index contributed by atoms with van der Waals surface area (Å²) in [4.78, 5) is 12.9. The van der Waals surface area contributed by atoms with Crippen LogP contribution >= 0.6 is 0 Å². The molecule has 0 unspecified atom stereocenters. The maximum atomic E-state index is 13.4. The van der Waals surface area contributed by atoms with Crippen LogP contribution in [0.1, 0.15) is 61.4 Å². The molecule has 0 spiro atoms. The molecule has 110 valence electrons. The van der Waals surface area contributed by atoms with Crippen molar-refractivity contribution in [3.63, 3.8) is 0 Å². The second kappa shape index (κ2) is 6.49. The van der Waals surface area contributed by atoms with E-state index in [1.807, 2.05) is 6.92 Å². The highest BCUT2D eigenvalue weighted by atomic mass is 19.1. The Hall–Kier alpha value is -1.22. The molecule has 0 aliphatic heterocycles. The number of carbonyl (C=O) groups is 1. The van der Waals surface area contributed by atoms with Crippen molar-refractivity contribution in [2.75, 3.05) is 6.61 Å². The third-order valence-corrected chi connectivity index (χ3v) is 4.17. The van der Waals surface area contributed by atoms with Gasteiger partial charge in [-0.2, -0.15) is 0 Å². The van der Waals surface area contributed by atoms with Gasteiger partial charge in [-0.1, -0.05) is 25.7 Å². The molecular weight excluding hydrogens is 255 g/mol. The molecule has 1 aromatic rings. The molecule has 0 radical (unpaired) electrons. The molecule has 1 fully saturated rings. The molecule has 0 bridgehead atoms. The summed E-state index contributed by atoms with van der Waals surface area (Å²) in [6.45, 7) is 4.15. The Kier molecular flexibility index (Phi) is 4.92. The minimum Gasteiger partial charge on any atom is -0.367 e. The Morgan fingerprint density at radius 1 is 1.25 bits per heavy atom. The van der Waals surface area contributed by atoms with Gasteiger partial charge < -0.3 is 4.74 Å². The number of halogens is 1. The molecule has 2 nitrogen and oxygen atoms in total. The number of Topliss-reactive ketones (excluding diaryl/α,β-unsaturated/α-hetero) is 1. The number of carbonyl (C=O) groups excluding carboxylic acids is 1. The van der Waals surface area contributed by atoms with E-state index >= 15 is 0 Å². The number of hydrogen-bond donors (Lipinski definition) is 0. The average molecular weight is 278 g/mol. The van der Waals surface area contributed by atoms with Gasteiger partial charge in [0.05, 0.1) is 0 Å². The summed E-state index contributed by atoms with van der Waals surface area (Å²) in [7, 11) is 0. The lowest BCUT2D eigenvalue weighted by Crippen LogP contribution is -2.41. The summed E-state index contributed by atoms with van der Waals surface area (Å²) >= 11 is 0. The minimum absolute atomic E-state index is 0.0179. The number of benzene rings is 1. The molecule has 2 rings (SSSR count). The van der Waals surface area contributed by atoms with Gasteiger partial charge in [0, 0.05) is 12.2 Å². The van der Waals surface area contributed by atoms with Crippen LogP contribution in [0.2, 0.25) is 0 Å². The zero-order valence-electron chi connectivity index (χ0n) is 12.4. The van der Waals surface area contributed by atoms with Crippen molar-refractivity contribution in [1.82, 2.24) is 0 Å². The van der Waals surface area contributed by atoms with E-state index in [-0.39, 0.29) is 11.6 Å². The van der Waals surface area contributed by atoms with Crippen LogP contribution in [0.3, 0.4) is 0 Å². The first kappa shape index (κ1) is 15.2. The van der Waals surface area contributed by atoms with Crippen LogP contribution in [-0.2, 0) is 4.74 Å². The number of hydrogen-bond acceptors (Lipinski definition) is 2. The zero-order chi connectivity index (χ0) is 14.6. The highest BCUT2D eigenvalue weighted by molar-refractivity contribution is 6.02. The van der Waals surface area contributed by atoms with Crippen molar-refractivity contribution < 1.29 is 13.9 Å². The van der Waals surface area contributed by atoms with Gasteiger partial charge in [-0.15, -0.1) is 0 Å². The van der Waals surface area contributed by atoms with E-state index in [1.165, 1.54) is 6.07 Å². The normalized spacial score (nSPS) is 18.6. The molecule has 0 amide bonds. The molecular formula is C17H23FO2. The van der Waals surface area contributed by atoms with Crippen LogP contribution in [0.5, 0.6) is 0 Å². The third-order valence-electron chi connectivity index (χ3n) is 4.17. The van der Waals surface area contributed by atoms with E-state index in [0.29, 0.717) is 17.7 Å². The molecule has 1 aromatic carbocycles. The first-order chi connectivity index (χ1) is 9.59. The maximum absolute atomic E-state index is 13.4. The molecule has 1 saturated carbocycles. The first-order valence-electron chi connectivity index (χ1n) is 7.54. The molecule has 0 N–H and O–H groups in total. The van der Waals surface area contributed by atoms with Gasteiger partial charge in [0.15, 0.2) is 5.78 Å². The highest BCUT2D eigenvalue weighted by Crippen LogP contribution is 2.34. The number of ketones is 1. The molecule has 1 aliphatic carbocycles. The van der Waals surface area contributed by atoms with Gasteiger partial charge in [-0.05, 0) is 50.5 Å². The predicted octanol–water partition coefficient (Wildman–Crippen LogP) is 4.45. The standard InChI is InChI=1S/C17H23FO2/c1-3-20-17(10-6-4-5-7-11-17)16(19)14-8-9-15(18)13(2)12-14/h8-9,12H,3-7,10-11H2,1-2H3. The molecule has 0 aromatic heterocycles. The zero-order valence-corrected chi connectivity index (χ0v) is 12.4. The topological polar surface area (TPSA) is 26.3 Å². The fourth-order valence-corrected chi connectivity index (χ4v) is 3.06. The van der Waals surface area contributed by atoms with Gasteiger partial charge in [-0.25, -0.2) is 4.39 Å². The lowest BCUT2D eigenvalue weighted by Gasteiger charge is -2.31. The quantitative estimate of drug-likeness (QED) is 0.601. The Bertz CT molecular complexity index is 474. The second-order valence-corrected chi connectivity index (χ2v) is 5.63. The lowest BCUT2D eigenvalue weighted by atomic mass is 9.85. The van der Waals surface area contributed by atoms with Crippen molar-refractivity contribution >= 4 is 5.78 Å². The van der Waals surface area contributed by atoms with E-state index < -0.39 is 5.60 Å². The van der Waals surface area contributed by atoms with Crippen LogP contribution < -0.4 is 0 Å². The van der Waals surface area contributed by atoms with Crippen LogP contribution in [0.25, 0.3) is 0 Å². The van der Waals surface area contributed by atoms with E-state index in [1.54, 1.807) is 19.1 Å². The summed E-state index contributed by atoms with van der Waals surface area (Å²) < 4.78 is 19.3. The lowest BCUT2D eigenvalue weighted by molar-refractivity contribution is -0.0292. The Balaban J connectivity index is 2.32. The van der Waals surface area contributed by atoms with Gasteiger partial charge in [0.1, 0.15) is 11.4 Å². The predicted molar refractivity (Wildman–Crippen MR) is 77.5 cm³/mol. The van der Waals surface area contributed by atoms with Crippen molar-refractivity contribution in [2.24, 2.45) is 0 Å². The summed E-state index contributed by atoms with van der Waals surface area (Å²) in [6, 6.07) is 4.60. The molecule has 0 saturated heterocycles. The van der Waals surface area contributed by atoms with E-state index in [4.69, 9.17) is 4.74 Å². The SMILES string of the molecule is CCOC1(C(=O)c2ccc(F)c(C)c2)CCCCCC1. The number of ether oxygens (including phenoxy) is 1. The Morgan fingerprint density at radius 2 is 1.90 bits per heavy atom. The second-order valence-electron chi connectivity index (χ2n) is 5.63. The maximum Gasteiger partial charge on any atom is 0.194 e. The largest absolute Gasteiger partial charge is 0.367 e. The van der Waals surface area contributed by atoms with Gasteiger partial charge in [0.2, 0.25) is 0 Å². The van der Waals surface area contributed by atoms with Crippen molar-refractivity contribution in [1.29, 1.82) is 0 Å². The van der Waals surface area contributed by atoms with Crippen molar-refractivity contribution in [2.45, 2.75) is 58.0 Å². The van der Waals surface area contributed by atoms with Gasteiger partial charge in [0.25, 0.3) is 0 Å². The number of rotatable bonds is 4. The van der Waals surface area contributed by atoms with E-state index in [0.717, 1.165) is 38.5 Å². The van der Waals surface area contributed by atoms with Crippen molar-refractivity contribution in [3.8, 4) is 0 Å². The monoisotopic (exact) mass is 278 g/mol. The van der Waals surface area contributed by atoms with E-state index in [2.05, 4.69) is 0 Å². The smallest absolute Gasteiger partial charge is 0.194 e. The van der Waals surface area contributed by atoms with Crippen LogP contribution in [0, 0.1) is 12.7 Å². The third kappa shape index (κ3) is 3.09. The van der Waals surface area contributed by atoms with Crippen LogP contribution in [-0.4, -0.2) is 18.0 Å². The van der Waals surface area contributed by atoms with Gasteiger partial charge >= 0.3 is 0 Å². The highest BCUT2D eigenvalue weighted by Gasteiger charge is 2.39. The fourth-order valence-electron chi connectivity index (χ4n) is 3.06. The summed E-state index contributed by atoms with van der Waals surface area (Å²) in [5, 5.41) is 0. The van der Waals surface area contributed by atoms with Crippen LogP contribution in [0.4, 0.5) is 4.39 Å². The molecule has 20 heavy (non-hydrogen) atoms. The van der Waals surface area contributed by atoms with Gasteiger partial charge in [-0.3, -0.25) is 4.79 Å². The first-order valence-corrected chi connectivity index (χ1v) is 7.54. The fraction of sp³-hybridized carbons (Fsp3) is 0.588. The van der Waals surface area contributed by atoms with Crippen LogP contribution in [0.15, 0.2) is 18.2 Å². The summed E-state index contributed by atoms with van der Waals surface area (Å²) in [5.41, 5.74) is 0.380. The average Bonchev–Trinajstić information content (AvgIpc) is 2.68. The Morgan fingerprint density at radius 3 is 2.45 bits per heavy atom.